The van der Waals surface area contributed by atoms with Gasteiger partial charge in [0.15, 0.2) is 0 Å². The zero-order valence-corrected chi connectivity index (χ0v) is 27.3. The molecule has 0 aromatic carbocycles. The van der Waals surface area contributed by atoms with E-state index in [1.54, 1.807) is 11.3 Å². The first-order valence-electron chi connectivity index (χ1n) is 16.7. The summed E-state index contributed by atoms with van der Waals surface area (Å²) in [5, 5.41) is 0. The van der Waals surface area contributed by atoms with Crippen LogP contribution in [0.5, 0.6) is 0 Å². The second kappa shape index (κ2) is 7.66. The number of ketones is 1. The van der Waals surface area contributed by atoms with E-state index in [2.05, 4.69) is 60.4 Å². The summed E-state index contributed by atoms with van der Waals surface area (Å²) in [4.78, 5) is 20.4. The van der Waals surface area contributed by atoms with Gasteiger partial charge in [-0.2, -0.15) is 0 Å². The number of carbonyl (C=O) groups is 1. The van der Waals surface area contributed by atoms with Crippen molar-refractivity contribution in [1.29, 1.82) is 0 Å². The van der Waals surface area contributed by atoms with Crippen LogP contribution in [-0.4, -0.2) is 23.5 Å². The highest BCUT2D eigenvalue weighted by Crippen LogP contribution is 2.81. The molecule has 8 rings (SSSR count). The fourth-order valence-corrected chi connectivity index (χ4v) is 15.1. The van der Waals surface area contributed by atoms with E-state index in [9.17, 15) is 4.79 Å². The van der Waals surface area contributed by atoms with Gasteiger partial charge in [-0.3, -0.25) is 4.79 Å². The monoisotopic (exact) mass is 563 g/mol. The van der Waals surface area contributed by atoms with Crippen molar-refractivity contribution < 1.29 is 9.53 Å². The lowest BCUT2D eigenvalue weighted by Gasteiger charge is -2.73. The van der Waals surface area contributed by atoms with Crippen LogP contribution in [0.4, 0.5) is 0 Å². The smallest absolute Gasteiger partial charge is 0.145 e. The van der Waals surface area contributed by atoms with Crippen molar-refractivity contribution in [2.75, 3.05) is 6.61 Å². The van der Waals surface area contributed by atoms with Crippen molar-refractivity contribution in [3.8, 4) is 0 Å². The highest BCUT2D eigenvalue weighted by molar-refractivity contribution is 7.09. The van der Waals surface area contributed by atoms with Crippen LogP contribution < -0.4 is 0 Å². The summed E-state index contributed by atoms with van der Waals surface area (Å²) in [7, 11) is 0. The van der Waals surface area contributed by atoms with Gasteiger partial charge in [0.25, 0.3) is 0 Å². The third-order valence-electron chi connectivity index (χ3n) is 16.2. The molecule has 0 amide bonds. The minimum absolute atomic E-state index is 0.154. The van der Waals surface area contributed by atoms with Gasteiger partial charge in [0, 0.05) is 21.6 Å². The molecule has 1 spiro atoms. The minimum Gasteiger partial charge on any atom is -0.377 e. The minimum atomic E-state index is -0.240. The Morgan fingerprint density at radius 1 is 0.900 bits per heavy atom. The van der Waals surface area contributed by atoms with Gasteiger partial charge < -0.3 is 4.74 Å². The largest absolute Gasteiger partial charge is 0.377 e. The Balaban J connectivity index is 1.19. The first-order valence-corrected chi connectivity index (χ1v) is 17.6. The van der Waals surface area contributed by atoms with Gasteiger partial charge in [0.1, 0.15) is 5.78 Å². The number of hydrogen-bond acceptors (Lipinski definition) is 4. The highest BCUT2D eigenvalue weighted by Gasteiger charge is 2.77. The average molecular weight is 564 g/mol. The van der Waals surface area contributed by atoms with Crippen molar-refractivity contribution in [1.82, 2.24) is 4.98 Å². The van der Waals surface area contributed by atoms with E-state index < -0.39 is 0 Å². The maximum atomic E-state index is 14.4. The van der Waals surface area contributed by atoms with E-state index in [1.165, 1.54) is 56.2 Å². The first kappa shape index (κ1) is 26.9. The zero-order chi connectivity index (χ0) is 28.3. The van der Waals surface area contributed by atoms with Gasteiger partial charge in [-0.15, -0.1) is 11.3 Å². The van der Waals surface area contributed by atoms with Crippen LogP contribution in [0.15, 0.2) is 5.51 Å². The van der Waals surface area contributed by atoms with Crippen molar-refractivity contribution in [2.45, 2.75) is 132 Å². The molecule has 220 valence electrons. The lowest BCUT2D eigenvalue weighted by Crippen LogP contribution is -2.68. The number of aromatic nitrogens is 1. The summed E-state index contributed by atoms with van der Waals surface area (Å²) in [5.41, 5.74) is 4.46. The third-order valence-corrected chi connectivity index (χ3v) is 17.2. The molecular weight excluding hydrogens is 510 g/mol. The average Bonchev–Trinajstić information content (AvgIpc) is 3.23. The Labute approximate surface area is 247 Å². The normalized spacial score (nSPS) is 55.2. The summed E-state index contributed by atoms with van der Waals surface area (Å²) in [5.74, 6) is 3.73. The number of nitrogens with zero attached hydrogens (tertiary/aromatic N) is 1. The topological polar surface area (TPSA) is 39.2 Å². The molecule has 2 bridgehead atoms. The Kier molecular flexibility index (Phi) is 5.14. The molecule has 11 atom stereocenters. The lowest BCUT2D eigenvalue weighted by atomic mass is 9.31. The van der Waals surface area contributed by atoms with Gasteiger partial charge in [0.2, 0.25) is 0 Å². The Morgan fingerprint density at radius 2 is 1.65 bits per heavy atom. The van der Waals surface area contributed by atoms with E-state index in [1.807, 2.05) is 5.51 Å². The SMILES string of the molecule is Cc1ncsc1[C@H]1C[C@@]12C[C@@]1(C)C(CC[C@]3(C)C1CCC1C4[C@H]5OC[C@@]4(CCC5(C)C)CC[C@]13C)C(C)(C)C2=O. The molecule has 1 aromatic heterocycles. The van der Waals surface area contributed by atoms with Crippen LogP contribution in [-0.2, 0) is 9.53 Å². The van der Waals surface area contributed by atoms with Crippen LogP contribution >= 0.6 is 11.3 Å². The molecule has 1 saturated heterocycles. The highest BCUT2D eigenvalue weighted by atomic mass is 32.1. The summed E-state index contributed by atoms with van der Waals surface area (Å²) in [6.45, 7) is 21.0. The lowest BCUT2D eigenvalue weighted by molar-refractivity contribution is -0.244. The number of ether oxygens (including phenoxy) is 1. The summed E-state index contributed by atoms with van der Waals surface area (Å²) in [6, 6.07) is 0. The van der Waals surface area contributed by atoms with Crippen LogP contribution in [0.1, 0.15) is 129 Å². The summed E-state index contributed by atoms with van der Waals surface area (Å²) < 4.78 is 6.79. The maximum absolute atomic E-state index is 14.4. The predicted octanol–water partition coefficient (Wildman–Crippen LogP) is 8.99. The quantitative estimate of drug-likeness (QED) is 0.342. The van der Waals surface area contributed by atoms with Gasteiger partial charge in [-0.05, 0) is 122 Å². The van der Waals surface area contributed by atoms with E-state index in [-0.39, 0.29) is 16.2 Å². The van der Waals surface area contributed by atoms with Gasteiger partial charge in [-0.25, -0.2) is 4.98 Å². The van der Waals surface area contributed by atoms with Gasteiger partial charge in [0.05, 0.1) is 23.9 Å². The van der Waals surface area contributed by atoms with Crippen molar-refractivity contribution in [3.05, 3.63) is 16.1 Å². The van der Waals surface area contributed by atoms with E-state index in [0.29, 0.717) is 51.3 Å². The summed E-state index contributed by atoms with van der Waals surface area (Å²) >= 11 is 1.80. The standard InChI is InChI=1S/C36H53NO2S/c1-21-27(40-20-37-21)23-17-36(23)18-32(6)24(31(4,5)29(36)38)11-12-34(8)25(32)10-9-22-26-28-30(2,3)13-15-35(26,19-39-28)16-14-33(22,34)7/h20,22-26,28H,9-19H2,1-8H3/t22?,23-,24?,25?,26?,28-,32+,33-,34-,35-,36-/m1/s1. The molecule has 4 heteroatoms. The van der Waals surface area contributed by atoms with Crippen LogP contribution in [0, 0.1) is 68.5 Å². The maximum Gasteiger partial charge on any atom is 0.145 e. The third kappa shape index (κ3) is 2.89. The molecular formula is C36H53NO2S. The fourth-order valence-electron chi connectivity index (χ4n) is 14.1. The van der Waals surface area contributed by atoms with Crippen molar-refractivity contribution in [2.24, 2.45) is 61.6 Å². The van der Waals surface area contributed by atoms with Crippen LogP contribution in [0.25, 0.3) is 0 Å². The van der Waals surface area contributed by atoms with E-state index in [4.69, 9.17) is 4.74 Å². The number of thiazole rings is 1. The number of hydrogen-bond donors (Lipinski definition) is 0. The molecule has 3 nitrogen and oxygen atoms in total. The second-order valence-corrected chi connectivity index (χ2v) is 19.1. The van der Waals surface area contributed by atoms with Crippen LogP contribution in [0.2, 0.25) is 0 Å². The predicted molar refractivity (Wildman–Crippen MR) is 161 cm³/mol. The molecule has 0 N–H and O–H groups in total. The molecule has 1 aliphatic heterocycles. The fraction of sp³-hybridized carbons (Fsp3) is 0.889. The molecule has 6 aliphatic carbocycles. The Hall–Kier alpha value is -0.740. The van der Waals surface area contributed by atoms with Gasteiger partial charge >= 0.3 is 0 Å². The molecule has 4 unspecified atom stereocenters. The number of Topliss-reactive ketones (excluding diaryl/α,β-unsaturated/α-hetero) is 1. The van der Waals surface area contributed by atoms with E-state index >= 15 is 0 Å². The number of rotatable bonds is 1. The Bertz CT molecular complexity index is 1280. The molecule has 1 aromatic rings. The second-order valence-electron chi connectivity index (χ2n) is 18.2. The molecule has 2 heterocycles. The molecule has 0 radical (unpaired) electrons. The molecule has 7 aliphatic rings. The van der Waals surface area contributed by atoms with Gasteiger partial charge in [-0.1, -0.05) is 48.5 Å². The number of fused-ring (bicyclic) bond motifs is 5. The van der Waals surface area contributed by atoms with Crippen LogP contribution in [0.3, 0.4) is 0 Å². The molecule has 6 saturated carbocycles. The first-order chi connectivity index (χ1) is 18.7. The van der Waals surface area contributed by atoms with E-state index in [0.717, 1.165) is 37.0 Å². The molecule has 7 fully saturated rings. The zero-order valence-electron chi connectivity index (χ0n) is 26.5. The van der Waals surface area contributed by atoms with Crippen molar-refractivity contribution in [3.63, 3.8) is 0 Å². The molecule has 40 heavy (non-hydrogen) atoms. The van der Waals surface area contributed by atoms with Crippen molar-refractivity contribution >= 4 is 17.1 Å². The number of aryl methyl sites for hydroxylation is 1. The summed E-state index contributed by atoms with van der Waals surface area (Å²) in [6.07, 6.45) is 13.4. The number of carbonyl (C=O) groups excluding carboxylic acids is 1. The Morgan fingerprint density at radius 3 is 2.38 bits per heavy atom.